The maximum atomic E-state index is 13.5. The SMILES string of the molecule is CCC1(C(C)C)CC2(CC2)CN1C(=O)c1cc2c(OC)cccc2[nH]1. The molecule has 2 aliphatic rings. The Labute approximate surface area is 149 Å². The molecule has 4 heteroatoms. The standard InChI is InChI=1S/C21H28N2O2/c1-5-21(14(2)3)12-20(9-10-20)13-23(21)19(24)17-11-15-16(22-17)7-6-8-18(15)25-4/h6-8,11,14,22H,5,9-10,12-13H2,1-4H3. The van der Waals surface area contributed by atoms with Gasteiger partial charge in [0.2, 0.25) is 0 Å². The van der Waals surface area contributed by atoms with Gasteiger partial charge in [0, 0.05) is 23.0 Å². The molecule has 1 aliphatic carbocycles. The van der Waals surface area contributed by atoms with Crippen LogP contribution in [-0.2, 0) is 0 Å². The fourth-order valence-electron chi connectivity index (χ4n) is 4.89. The zero-order chi connectivity index (χ0) is 17.8. The molecule has 1 saturated heterocycles. The molecule has 2 heterocycles. The summed E-state index contributed by atoms with van der Waals surface area (Å²) in [4.78, 5) is 19.0. The van der Waals surface area contributed by atoms with Gasteiger partial charge in [-0.25, -0.2) is 0 Å². The number of nitrogens with zero attached hydrogens (tertiary/aromatic N) is 1. The Bertz CT molecular complexity index is 818. The number of aromatic amines is 1. The number of carbonyl (C=O) groups is 1. The third-order valence-corrected chi connectivity index (χ3v) is 6.68. The van der Waals surface area contributed by atoms with Gasteiger partial charge in [-0.3, -0.25) is 4.79 Å². The van der Waals surface area contributed by atoms with E-state index in [0.717, 1.165) is 36.0 Å². The summed E-state index contributed by atoms with van der Waals surface area (Å²) >= 11 is 0. The number of fused-ring (bicyclic) bond motifs is 1. The lowest BCUT2D eigenvalue weighted by atomic mass is 9.78. The molecular formula is C21H28N2O2. The molecule has 1 saturated carbocycles. The van der Waals surface area contributed by atoms with Gasteiger partial charge in [0.1, 0.15) is 11.4 Å². The molecule has 2 aromatic rings. The third-order valence-electron chi connectivity index (χ3n) is 6.68. The predicted molar refractivity (Wildman–Crippen MR) is 100 cm³/mol. The first-order chi connectivity index (χ1) is 11.9. The number of methoxy groups -OCH3 is 1. The highest BCUT2D eigenvalue weighted by atomic mass is 16.5. The number of amides is 1. The van der Waals surface area contributed by atoms with Gasteiger partial charge in [0.05, 0.1) is 7.11 Å². The number of benzene rings is 1. The molecule has 1 spiro atoms. The van der Waals surface area contributed by atoms with Crippen LogP contribution in [0.4, 0.5) is 0 Å². The Morgan fingerprint density at radius 1 is 1.36 bits per heavy atom. The van der Waals surface area contributed by atoms with Crippen LogP contribution in [0.2, 0.25) is 0 Å². The first-order valence-electron chi connectivity index (χ1n) is 9.42. The summed E-state index contributed by atoms with van der Waals surface area (Å²) in [5.74, 6) is 1.40. The summed E-state index contributed by atoms with van der Waals surface area (Å²) < 4.78 is 5.44. The van der Waals surface area contributed by atoms with E-state index >= 15 is 0 Å². The maximum absolute atomic E-state index is 13.5. The second kappa shape index (κ2) is 5.52. The zero-order valence-corrected chi connectivity index (χ0v) is 15.7. The van der Waals surface area contributed by atoms with Crippen LogP contribution in [0.25, 0.3) is 10.9 Å². The van der Waals surface area contributed by atoms with Crippen molar-refractivity contribution in [2.45, 2.75) is 52.0 Å². The molecule has 1 N–H and O–H groups in total. The third kappa shape index (κ3) is 2.37. The number of carbonyl (C=O) groups excluding carboxylic acids is 1. The normalized spacial score (nSPS) is 24.4. The van der Waals surface area contributed by atoms with E-state index in [1.54, 1.807) is 7.11 Å². The minimum absolute atomic E-state index is 0.0189. The van der Waals surface area contributed by atoms with Gasteiger partial charge >= 0.3 is 0 Å². The summed E-state index contributed by atoms with van der Waals surface area (Å²) in [6.45, 7) is 7.67. The zero-order valence-electron chi connectivity index (χ0n) is 15.7. The Hall–Kier alpha value is -1.97. The van der Waals surface area contributed by atoms with E-state index in [9.17, 15) is 4.79 Å². The minimum atomic E-state index is -0.0189. The molecule has 1 atom stereocenters. The number of hydrogen-bond donors (Lipinski definition) is 1. The first-order valence-corrected chi connectivity index (χ1v) is 9.42. The van der Waals surface area contributed by atoms with E-state index in [1.165, 1.54) is 12.8 Å². The molecule has 2 fully saturated rings. The van der Waals surface area contributed by atoms with E-state index in [1.807, 2.05) is 24.3 Å². The number of rotatable bonds is 4. The molecule has 1 aliphatic heterocycles. The van der Waals surface area contributed by atoms with Crippen LogP contribution in [0.3, 0.4) is 0 Å². The van der Waals surface area contributed by atoms with E-state index < -0.39 is 0 Å². The summed E-state index contributed by atoms with van der Waals surface area (Å²) in [6.07, 6.45) is 4.71. The largest absolute Gasteiger partial charge is 0.496 e. The average molecular weight is 340 g/mol. The minimum Gasteiger partial charge on any atom is -0.496 e. The van der Waals surface area contributed by atoms with E-state index in [2.05, 4.69) is 30.7 Å². The Morgan fingerprint density at radius 2 is 2.12 bits per heavy atom. The van der Waals surface area contributed by atoms with Crippen molar-refractivity contribution in [3.63, 3.8) is 0 Å². The van der Waals surface area contributed by atoms with Crippen molar-refractivity contribution in [2.75, 3.05) is 13.7 Å². The quantitative estimate of drug-likeness (QED) is 0.883. The van der Waals surface area contributed by atoms with Crippen molar-refractivity contribution >= 4 is 16.8 Å². The van der Waals surface area contributed by atoms with Crippen molar-refractivity contribution in [3.8, 4) is 5.75 Å². The number of aromatic nitrogens is 1. The molecule has 1 amide bonds. The van der Waals surface area contributed by atoms with Crippen LogP contribution < -0.4 is 4.74 Å². The highest BCUT2D eigenvalue weighted by Gasteiger charge is 2.60. The molecule has 4 nitrogen and oxygen atoms in total. The van der Waals surface area contributed by atoms with Crippen LogP contribution in [-0.4, -0.2) is 35.0 Å². The van der Waals surface area contributed by atoms with Gasteiger partial charge in [-0.1, -0.05) is 26.8 Å². The van der Waals surface area contributed by atoms with Crippen LogP contribution in [0, 0.1) is 11.3 Å². The van der Waals surface area contributed by atoms with Crippen LogP contribution in [0.15, 0.2) is 24.3 Å². The van der Waals surface area contributed by atoms with Gasteiger partial charge < -0.3 is 14.6 Å². The first kappa shape index (κ1) is 16.5. The molecule has 1 aromatic heterocycles. The Balaban J connectivity index is 1.74. The lowest BCUT2D eigenvalue weighted by Crippen LogP contribution is -2.50. The van der Waals surface area contributed by atoms with Gasteiger partial charge in [-0.2, -0.15) is 0 Å². The maximum Gasteiger partial charge on any atom is 0.270 e. The fraction of sp³-hybridized carbons (Fsp3) is 0.571. The summed E-state index contributed by atoms with van der Waals surface area (Å²) in [7, 11) is 1.67. The molecule has 0 radical (unpaired) electrons. The van der Waals surface area contributed by atoms with Gasteiger partial charge in [0.25, 0.3) is 5.91 Å². The van der Waals surface area contributed by atoms with Gasteiger partial charge in [-0.05, 0) is 55.2 Å². The number of nitrogens with one attached hydrogen (secondary N) is 1. The monoisotopic (exact) mass is 340 g/mol. The smallest absolute Gasteiger partial charge is 0.270 e. The number of H-pyrrole nitrogens is 1. The number of likely N-dealkylation sites (tertiary alicyclic amines) is 1. The summed E-state index contributed by atoms with van der Waals surface area (Å²) in [5.41, 5.74) is 2.00. The van der Waals surface area contributed by atoms with Crippen LogP contribution in [0.5, 0.6) is 5.75 Å². The Morgan fingerprint density at radius 3 is 2.72 bits per heavy atom. The van der Waals surface area contributed by atoms with Crippen molar-refractivity contribution in [2.24, 2.45) is 11.3 Å². The van der Waals surface area contributed by atoms with Gasteiger partial charge in [0.15, 0.2) is 0 Å². The summed E-state index contributed by atoms with van der Waals surface area (Å²) in [5, 5.41) is 0.973. The van der Waals surface area contributed by atoms with Crippen molar-refractivity contribution < 1.29 is 9.53 Å². The molecule has 134 valence electrons. The molecule has 1 unspecified atom stereocenters. The Kier molecular flexibility index (Phi) is 3.64. The topological polar surface area (TPSA) is 45.3 Å². The lowest BCUT2D eigenvalue weighted by molar-refractivity contribution is 0.0458. The fourth-order valence-corrected chi connectivity index (χ4v) is 4.89. The molecular weight excluding hydrogens is 312 g/mol. The summed E-state index contributed by atoms with van der Waals surface area (Å²) in [6, 6.07) is 7.83. The lowest BCUT2D eigenvalue weighted by Gasteiger charge is -2.41. The molecule has 25 heavy (non-hydrogen) atoms. The second-order valence-corrected chi connectivity index (χ2v) is 8.28. The van der Waals surface area contributed by atoms with Gasteiger partial charge in [-0.15, -0.1) is 0 Å². The van der Waals surface area contributed by atoms with E-state index in [0.29, 0.717) is 17.0 Å². The van der Waals surface area contributed by atoms with E-state index in [4.69, 9.17) is 4.74 Å². The molecule has 4 rings (SSSR count). The predicted octanol–water partition coefficient (Wildman–Crippen LogP) is 4.61. The number of ether oxygens (including phenoxy) is 1. The second-order valence-electron chi connectivity index (χ2n) is 8.28. The number of hydrogen-bond acceptors (Lipinski definition) is 2. The van der Waals surface area contributed by atoms with Crippen molar-refractivity contribution in [1.82, 2.24) is 9.88 Å². The average Bonchev–Trinajstić information content (AvgIpc) is 3.07. The van der Waals surface area contributed by atoms with Crippen molar-refractivity contribution in [3.05, 3.63) is 30.0 Å². The van der Waals surface area contributed by atoms with Crippen LogP contribution >= 0.6 is 0 Å². The molecule has 0 bridgehead atoms. The molecule has 1 aromatic carbocycles. The van der Waals surface area contributed by atoms with Crippen LogP contribution in [0.1, 0.15) is 56.9 Å². The highest BCUT2D eigenvalue weighted by Crippen LogP contribution is 2.60. The highest BCUT2D eigenvalue weighted by molar-refractivity contribution is 6.00. The van der Waals surface area contributed by atoms with E-state index in [-0.39, 0.29) is 11.4 Å². The van der Waals surface area contributed by atoms with Crippen molar-refractivity contribution in [1.29, 1.82) is 0 Å².